The van der Waals surface area contributed by atoms with Crippen LogP contribution in [0.1, 0.15) is 0 Å². The molecule has 0 aromatic carbocycles. The Morgan fingerprint density at radius 3 is 1.81 bits per heavy atom. The van der Waals surface area contributed by atoms with Crippen LogP contribution in [0.25, 0.3) is 0 Å². The van der Waals surface area contributed by atoms with Crippen LogP contribution in [-0.2, 0) is 19.5 Å². The molecule has 0 radical (unpaired) electrons. The Kier molecular flexibility index (Phi) is 8.14. The van der Waals surface area contributed by atoms with Crippen LogP contribution in [0, 0.1) is 0 Å². The molecule has 0 heterocycles. The molecule has 0 aliphatic heterocycles. The van der Waals surface area contributed by atoms with Gasteiger partial charge in [-0.15, -0.1) is 0 Å². The van der Waals surface area contributed by atoms with Gasteiger partial charge in [-0.05, 0) is 0 Å². The molecule has 0 saturated carbocycles. The first-order valence-electron chi connectivity index (χ1n) is 3.10. The summed E-state index contributed by atoms with van der Waals surface area (Å²) in [5.74, 6) is -10.9. The van der Waals surface area contributed by atoms with Gasteiger partial charge in [0.1, 0.15) is 0 Å². The second-order valence-corrected chi connectivity index (χ2v) is 2.19. The first kappa shape index (κ1) is 18.2. The maximum atomic E-state index is 12.4. The Balaban J connectivity index is 0. The van der Waals surface area contributed by atoms with Gasteiger partial charge in [0.25, 0.3) is 0 Å². The van der Waals surface area contributed by atoms with E-state index >= 15 is 0 Å². The standard InChI is InChI=1S/C5H2F6O4.Ca.2H/c6-1(3(12)14-10)2(7)5(8,9)4(13)15-11;;;/h1-2H;;;. The summed E-state index contributed by atoms with van der Waals surface area (Å²) < 4.78 is 71.2. The molecule has 16 heavy (non-hydrogen) atoms. The molecule has 92 valence electrons. The van der Waals surface area contributed by atoms with Crippen LogP contribution in [0.5, 0.6) is 0 Å². The van der Waals surface area contributed by atoms with E-state index in [1.54, 1.807) is 0 Å². The molecule has 0 aromatic heterocycles. The molecule has 4 nitrogen and oxygen atoms in total. The van der Waals surface area contributed by atoms with E-state index in [1.807, 2.05) is 4.94 Å². The van der Waals surface area contributed by atoms with Crippen molar-refractivity contribution < 1.29 is 46.1 Å². The van der Waals surface area contributed by atoms with Crippen molar-refractivity contribution in [2.75, 3.05) is 0 Å². The van der Waals surface area contributed by atoms with Gasteiger partial charge in [-0.25, -0.2) is 23.3 Å². The van der Waals surface area contributed by atoms with Crippen LogP contribution < -0.4 is 0 Å². The van der Waals surface area contributed by atoms with Gasteiger partial charge in [0.2, 0.25) is 12.3 Å². The van der Waals surface area contributed by atoms with E-state index in [9.17, 15) is 36.2 Å². The summed E-state index contributed by atoms with van der Waals surface area (Å²) >= 11 is 0. The van der Waals surface area contributed by atoms with Gasteiger partial charge >= 0.3 is 55.6 Å². The van der Waals surface area contributed by atoms with Crippen molar-refractivity contribution in [3.05, 3.63) is 0 Å². The third-order valence-electron chi connectivity index (χ3n) is 1.25. The number of carbonyl (C=O) groups excluding carboxylic acids is 2. The van der Waals surface area contributed by atoms with Crippen molar-refractivity contribution >= 4 is 49.7 Å². The number of halogens is 6. The Labute approximate surface area is 114 Å². The molecule has 0 spiro atoms. The number of hydrogen-bond donors (Lipinski definition) is 0. The molecule has 0 bridgehead atoms. The number of alkyl halides is 4. The Morgan fingerprint density at radius 2 is 1.50 bits per heavy atom. The summed E-state index contributed by atoms with van der Waals surface area (Å²) in [6.45, 7) is 0. The molecule has 0 amide bonds. The minimum atomic E-state index is -5.28. The Hall–Kier alpha value is -0.220. The van der Waals surface area contributed by atoms with Gasteiger partial charge in [-0.3, -0.25) is 4.94 Å². The molecular formula is C5H4CaF6O4. The van der Waals surface area contributed by atoms with Crippen LogP contribution in [-0.4, -0.2) is 67.9 Å². The van der Waals surface area contributed by atoms with Crippen LogP contribution >= 0.6 is 0 Å². The van der Waals surface area contributed by atoms with Crippen molar-refractivity contribution in [2.24, 2.45) is 0 Å². The predicted molar refractivity (Wildman–Crippen MR) is 37.7 cm³/mol. The average Bonchev–Trinajstić information content (AvgIpc) is 2.24. The zero-order chi connectivity index (χ0) is 12.2. The van der Waals surface area contributed by atoms with Gasteiger partial charge < -0.3 is 0 Å². The number of carbonyl (C=O) groups is 2. The third kappa shape index (κ3) is 3.98. The Bertz CT molecular complexity index is 261. The van der Waals surface area contributed by atoms with E-state index in [2.05, 4.69) is 4.94 Å². The molecule has 0 N–H and O–H groups in total. The van der Waals surface area contributed by atoms with Crippen molar-refractivity contribution in [1.82, 2.24) is 0 Å². The van der Waals surface area contributed by atoms with E-state index in [0.29, 0.717) is 0 Å². The predicted octanol–water partition coefficient (Wildman–Crippen LogP) is 0.237. The van der Waals surface area contributed by atoms with E-state index in [4.69, 9.17) is 0 Å². The average molecular weight is 282 g/mol. The van der Waals surface area contributed by atoms with Crippen molar-refractivity contribution in [2.45, 2.75) is 18.3 Å². The Morgan fingerprint density at radius 1 is 1.06 bits per heavy atom. The van der Waals surface area contributed by atoms with Gasteiger partial charge in [-0.1, -0.05) is 0 Å². The van der Waals surface area contributed by atoms with E-state index in [0.717, 1.165) is 0 Å². The van der Waals surface area contributed by atoms with Crippen molar-refractivity contribution in [1.29, 1.82) is 0 Å². The summed E-state index contributed by atoms with van der Waals surface area (Å²) in [5.41, 5.74) is 0. The quantitative estimate of drug-likeness (QED) is 0.547. The van der Waals surface area contributed by atoms with Gasteiger partial charge in [0.15, 0.2) is 0 Å². The van der Waals surface area contributed by atoms with Crippen LogP contribution in [0.2, 0.25) is 0 Å². The summed E-state index contributed by atoms with van der Waals surface area (Å²) in [5, 5.41) is 0. The summed E-state index contributed by atoms with van der Waals surface area (Å²) in [6.07, 6.45) is -7.91. The van der Waals surface area contributed by atoms with Crippen LogP contribution in [0.4, 0.5) is 26.6 Å². The van der Waals surface area contributed by atoms with Crippen LogP contribution in [0.3, 0.4) is 0 Å². The molecule has 0 rings (SSSR count). The monoisotopic (exact) mass is 282 g/mol. The summed E-state index contributed by atoms with van der Waals surface area (Å²) in [6, 6.07) is 0. The summed E-state index contributed by atoms with van der Waals surface area (Å²) in [4.78, 5) is 23.9. The molecule has 2 unspecified atom stereocenters. The number of rotatable bonds is 4. The number of hydrogen-bond acceptors (Lipinski definition) is 4. The summed E-state index contributed by atoms with van der Waals surface area (Å²) in [7, 11) is 0. The normalized spacial score (nSPS) is 14.4. The second kappa shape index (κ2) is 7.17. The van der Waals surface area contributed by atoms with Crippen molar-refractivity contribution in [3.63, 3.8) is 0 Å². The minimum absolute atomic E-state index is 0. The first-order valence-corrected chi connectivity index (χ1v) is 3.10. The van der Waals surface area contributed by atoms with E-state index in [1.165, 1.54) is 0 Å². The first-order chi connectivity index (χ1) is 6.78. The molecular weight excluding hydrogens is 278 g/mol. The molecule has 2 atom stereocenters. The maximum absolute atomic E-state index is 12.4. The SMILES string of the molecule is O=C(OF)C(F)C(F)C(F)(F)C(=O)OF.[CaH2]. The fraction of sp³-hybridized carbons (Fsp3) is 0.600. The van der Waals surface area contributed by atoms with Gasteiger partial charge in [0, 0.05) is 9.05 Å². The third-order valence-corrected chi connectivity index (χ3v) is 1.25. The molecule has 0 saturated heterocycles. The molecule has 0 aliphatic carbocycles. The fourth-order valence-electron chi connectivity index (χ4n) is 0.510. The molecule has 11 heteroatoms. The topological polar surface area (TPSA) is 52.6 Å². The molecule has 0 aromatic rings. The fourth-order valence-corrected chi connectivity index (χ4v) is 0.510. The van der Waals surface area contributed by atoms with Crippen LogP contribution in [0.15, 0.2) is 0 Å². The van der Waals surface area contributed by atoms with E-state index < -0.39 is 30.2 Å². The second-order valence-electron chi connectivity index (χ2n) is 2.19. The molecule has 0 aliphatic rings. The van der Waals surface area contributed by atoms with E-state index in [-0.39, 0.29) is 37.7 Å². The molecule has 0 fully saturated rings. The zero-order valence-electron chi connectivity index (χ0n) is 6.56. The van der Waals surface area contributed by atoms with Gasteiger partial charge in [-0.2, -0.15) is 8.78 Å². The van der Waals surface area contributed by atoms with Crippen molar-refractivity contribution in [3.8, 4) is 0 Å². The zero-order valence-corrected chi connectivity index (χ0v) is 6.56. The van der Waals surface area contributed by atoms with Gasteiger partial charge in [0.05, 0.1) is 0 Å².